The number of anilines is 1. The minimum absolute atomic E-state index is 0.108. The van der Waals surface area contributed by atoms with Gasteiger partial charge in [0.15, 0.2) is 0 Å². The Labute approximate surface area is 224 Å². The zero-order valence-corrected chi connectivity index (χ0v) is 21.3. The maximum Gasteiger partial charge on any atom is 0.349 e. The van der Waals surface area contributed by atoms with E-state index < -0.39 is 30.1 Å². The lowest BCUT2D eigenvalue weighted by Crippen LogP contribution is -2.48. The first-order valence-corrected chi connectivity index (χ1v) is 12.7. The molecule has 0 spiro atoms. The number of carbonyl (C=O) groups excluding carboxylic acids is 1. The van der Waals surface area contributed by atoms with Gasteiger partial charge < -0.3 is 14.9 Å². The number of hydrogen-bond acceptors (Lipinski definition) is 5. The summed E-state index contributed by atoms with van der Waals surface area (Å²) in [5, 5.41) is 15.2. The van der Waals surface area contributed by atoms with Crippen molar-refractivity contribution in [1.82, 2.24) is 14.7 Å². The number of rotatable bonds is 5. The van der Waals surface area contributed by atoms with Gasteiger partial charge in [-0.15, -0.1) is 0 Å². The van der Waals surface area contributed by atoms with Crippen molar-refractivity contribution in [3.05, 3.63) is 102 Å². The fourth-order valence-electron chi connectivity index (χ4n) is 5.68. The summed E-state index contributed by atoms with van der Waals surface area (Å²) in [5.41, 5.74) is 4.17. The van der Waals surface area contributed by atoms with Gasteiger partial charge in [-0.05, 0) is 61.0 Å². The van der Waals surface area contributed by atoms with Gasteiger partial charge in [0, 0.05) is 23.5 Å². The molecule has 0 aliphatic carbocycles. The maximum atomic E-state index is 13.9. The molecule has 6 rings (SSSR count). The molecule has 8 nitrogen and oxygen atoms in total. The molecule has 9 heteroatoms. The monoisotopic (exact) mass is 523 g/mol. The highest BCUT2D eigenvalue weighted by Gasteiger charge is 2.51. The molecule has 0 saturated carbocycles. The SMILES string of the molecule is Cc1cccc(C2C(N3C=CC=NC3C(=O)O)C(C)C(=O)N2c2ccc3c(cnn3-c3ccc(F)cc3)c2)c1. The number of aromatic nitrogens is 2. The van der Waals surface area contributed by atoms with Crippen LogP contribution < -0.4 is 4.90 Å². The molecule has 3 aromatic carbocycles. The topological polar surface area (TPSA) is 91.0 Å². The van der Waals surface area contributed by atoms with Crippen LogP contribution >= 0.6 is 0 Å². The van der Waals surface area contributed by atoms with Gasteiger partial charge in [0.1, 0.15) is 5.82 Å². The lowest BCUT2D eigenvalue weighted by Gasteiger charge is -2.38. The number of aliphatic imine (C=N–C) groups is 1. The van der Waals surface area contributed by atoms with Crippen LogP contribution in [0.5, 0.6) is 0 Å². The van der Waals surface area contributed by atoms with Crippen LogP contribution in [0, 0.1) is 18.7 Å². The van der Waals surface area contributed by atoms with Crippen molar-refractivity contribution < 1.29 is 19.1 Å². The summed E-state index contributed by atoms with van der Waals surface area (Å²) in [6, 6.07) is 18.8. The van der Waals surface area contributed by atoms with Gasteiger partial charge in [-0.25, -0.2) is 13.9 Å². The Kier molecular flexibility index (Phi) is 5.98. The summed E-state index contributed by atoms with van der Waals surface area (Å²) in [4.78, 5) is 33.7. The van der Waals surface area contributed by atoms with Crippen LogP contribution in [-0.4, -0.2) is 50.1 Å². The zero-order chi connectivity index (χ0) is 27.3. The number of hydrogen-bond donors (Lipinski definition) is 1. The van der Waals surface area contributed by atoms with Gasteiger partial charge in [0.25, 0.3) is 0 Å². The number of aryl methyl sites for hydroxylation is 1. The van der Waals surface area contributed by atoms with Crippen molar-refractivity contribution in [2.24, 2.45) is 10.9 Å². The standard InChI is InChI=1S/C30H26FN5O3/c1-18-5-3-6-20(15-18)27-26(34-14-4-13-32-28(34)30(38)39)19(2)29(37)35(27)24-11-12-25-21(16-24)17-33-36(25)23-9-7-22(31)8-10-23/h3-17,19,26-28H,1-2H3,(H,38,39). The first-order valence-electron chi connectivity index (χ1n) is 12.7. The van der Waals surface area contributed by atoms with Crippen molar-refractivity contribution in [3.8, 4) is 5.69 Å². The first kappa shape index (κ1) is 24.5. The Morgan fingerprint density at radius 1 is 1.03 bits per heavy atom. The Morgan fingerprint density at radius 3 is 2.54 bits per heavy atom. The van der Waals surface area contributed by atoms with E-state index in [4.69, 9.17) is 0 Å². The van der Waals surface area contributed by atoms with E-state index in [-0.39, 0.29) is 11.7 Å². The fraction of sp³-hybridized carbons (Fsp3) is 0.200. The van der Waals surface area contributed by atoms with Gasteiger partial charge >= 0.3 is 5.97 Å². The molecule has 1 amide bonds. The van der Waals surface area contributed by atoms with E-state index in [2.05, 4.69) is 10.1 Å². The number of amides is 1. The van der Waals surface area contributed by atoms with E-state index in [9.17, 15) is 19.1 Å². The zero-order valence-electron chi connectivity index (χ0n) is 21.3. The van der Waals surface area contributed by atoms with Crippen LogP contribution in [0.3, 0.4) is 0 Å². The summed E-state index contributed by atoms with van der Waals surface area (Å²) in [6.45, 7) is 3.83. The molecule has 1 fully saturated rings. The highest BCUT2D eigenvalue weighted by Crippen LogP contribution is 2.44. The third-order valence-corrected chi connectivity index (χ3v) is 7.44. The first-order chi connectivity index (χ1) is 18.8. The second kappa shape index (κ2) is 9.50. The molecule has 2 aliphatic heterocycles. The fourth-order valence-corrected chi connectivity index (χ4v) is 5.68. The van der Waals surface area contributed by atoms with Crippen molar-refractivity contribution in [1.29, 1.82) is 0 Å². The largest absolute Gasteiger partial charge is 0.478 e. The smallest absolute Gasteiger partial charge is 0.349 e. The predicted molar refractivity (Wildman–Crippen MR) is 146 cm³/mol. The molecule has 0 radical (unpaired) electrons. The van der Waals surface area contributed by atoms with Crippen LogP contribution in [0.25, 0.3) is 16.6 Å². The van der Waals surface area contributed by atoms with Crippen molar-refractivity contribution in [2.75, 3.05) is 4.90 Å². The molecular weight excluding hydrogens is 497 g/mol. The molecule has 4 aromatic rings. The lowest BCUT2D eigenvalue weighted by molar-refractivity contribution is -0.143. The van der Waals surface area contributed by atoms with Crippen molar-refractivity contribution in [2.45, 2.75) is 32.1 Å². The van der Waals surface area contributed by atoms with Crippen LogP contribution in [-0.2, 0) is 9.59 Å². The molecule has 0 bridgehead atoms. The van der Waals surface area contributed by atoms with Gasteiger partial charge in [0.2, 0.25) is 12.1 Å². The molecular formula is C30H26FN5O3. The van der Waals surface area contributed by atoms with Crippen LogP contribution in [0.4, 0.5) is 10.1 Å². The van der Waals surface area contributed by atoms with E-state index in [0.29, 0.717) is 5.69 Å². The lowest BCUT2D eigenvalue weighted by atomic mass is 9.91. The minimum Gasteiger partial charge on any atom is -0.478 e. The highest BCUT2D eigenvalue weighted by molar-refractivity contribution is 6.01. The number of halogens is 1. The number of carboxylic acids is 1. The third-order valence-electron chi connectivity index (χ3n) is 7.44. The van der Waals surface area contributed by atoms with Gasteiger partial charge in [-0.3, -0.25) is 9.79 Å². The number of carbonyl (C=O) groups is 2. The van der Waals surface area contributed by atoms with E-state index in [1.807, 2.05) is 56.3 Å². The quantitative estimate of drug-likeness (QED) is 0.403. The van der Waals surface area contributed by atoms with Crippen molar-refractivity contribution >= 4 is 34.7 Å². The van der Waals surface area contributed by atoms with Gasteiger partial charge in [0.05, 0.1) is 35.4 Å². The Bertz CT molecular complexity index is 1640. The summed E-state index contributed by atoms with van der Waals surface area (Å²) in [6.07, 6.45) is 5.47. The van der Waals surface area contributed by atoms with E-state index in [1.165, 1.54) is 18.3 Å². The summed E-state index contributed by atoms with van der Waals surface area (Å²) >= 11 is 0. The number of benzene rings is 3. The number of allylic oxidation sites excluding steroid dienone is 1. The number of carboxylic acid groups (broad SMARTS) is 1. The van der Waals surface area contributed by atoms with E-state index >= 15 is 0 Å². The summed E-state index contributed by atoms with van der Waals surface area (Å²) < 4.78 is 15.2. The third kappa shape index (κ3) is 4.16. The second-order valence-electron chi connectivity index (χ2n) is 9.92. The Morgan fingerprint density at radius 2 is 1.79 bits per heavy atom. The molecule has 1 saturated heterocycles. The summed E-state index contributed by atoms with van der Waals surface area (Å²) in [5.74, 6) is -2.02. The molecule has 196 valence electrons. The minimum atomic E-state index is -1.13. The normalized spacial score (nSPS) is 22.7. The molecule has 39 heavy (non-hydrogen) atoms. The van der Waals surface area contributed by atoms with Crippen LogP contribution in [0.1, 0.15) is 24.1 Å². The second-order valence-corrected chi connectivity index (χ2v) is 9.92. The number of fused-ring (bicyclic) bond motifs is 1. The molecule has 3 heterocycles. The van der Waals surface area contributed by atoms with Crippen LogP contribution in [0.2, 0.25) is 0 Å². The van der Waals surface area contributed by atoms with E-state index in [1.54, 1.807) is 45.1 Å². The highest BCUT2D eigenvalue weighted by atomic mass is 19.1. The molecule has 4 atom stereocenters. The molecule has 1 N–H and O–H groups in total. The molecule has 1 aromatic heterocycles. The average Bonchev–Trinajstić information content (AvgIpc) is 3.47. The molecule has 4 unspecified atom stereocenters. The van der Waals surface area contributed by atoms with Crippen LogP contribution in [0.15, 0.2) is 90.2 Å². The summed E-state index contributed by atoms with van der Waals surface area (Å²) in [7, 11) is 0. The Balaban J connectivity index is 1.46. The molecule has 2 aliphatic rings. The number of nitrogens with zero attached hydrogens (tertiary/aromatic N) is 5. The predicted octanol–water partition coefficient (Wildman–Crippen LogP) is 4.88. The van der Waals surface area contributed by atoms with E-state index in [0.717, 1.165) is 27.7 Å². The van der Waals surface area contributed by atoms with Crippen molar-refractivity contribution in [3.63, 3.8) is 0 Å². The number of aliphatic carboxylic acids is 1. The Hall–Kier alpha value is -4.79. The van der Waals surface area contributed by atoms with Gasteiger partial charge in [-0.2, -0.15) is 5.10 Å². The van der Waals surface area contributed by atoms with Gasteiger partial charge in [-0.1, -0.05) is 36.8 Å². The average molecular weight is 524 g/mol. The maximum absolute atomic E-state index is 13.9.